The van der Waals surface area contributed by atoms with E-state index in [2.05, 4.69) is 11.4 Å². The van der Waals surface area contributed by atoms with Crippen molar-refractivity contribution in [2.45, 2.75) is 44.6 Å². The summed E-state index contributed by atoms with van der Waals surface area (Å²) in [4.78, 5) is 23.3. The molecular weight excluding hydrogens is 266 g/mol. The Labute approximate surface area is 124 Å². The number of allylic oxidation sites excluding steroid dienone is 1. The third kappa shape index (κ3) is 5.06. The number of carbonyl (C=O) groups is 2. The molecule has 112 valence electrons. The predicted octanol–water partition coefficient (Wildman–Crippen LogP) is 2.69. The van der Waals surface area contributed by atoms with Crippen molar-refractivity contribution >= 4 is 11.9 Å². The maximum Gasteiger partial charge on any atom is 0.326 e. The Morgan fingerprint density at radius 1 is 1.19 bits per heavy atom. The van der Waals surface area contributed by atoms with Crippen LogP contribution >= 0.6 is 0 Å². The van der Waals surface area contributed by atoms with Gasteiger partial charge in [-0.15, -0.1) is 0 Å². The summed E-state index contributed by atoms with van der Waals surface area (Å²) < 4.78 is 0. The summed E-state index contributed by atoms with van der Waals surface area (Å²) in [6.45, 7) is 0. The van der Waals surface area contributed by atoms with Crippen LogP contribution in [0.2, 0.25) is 0 Å². The van der Waals surface area contributed by atoms with Crippen LogP contribution in [0.4, 0.5) is 0 Å². The van der Waals surface area contributed by atoms with Crippen LogP contribution in [0.3, 0.4) is 0 Å². The van der Waals surface area contributed by atoms with Gasteiger partial charge in [0, 0.05) is 12.8 Å². The van der Waals surface area contributed by atoms with Gasteiger partial charge in [-0.25, -0.2) is 4.79 Å². The molecule has 1 aliphatic carbocycles. The molecule has 0 fully saturated rings. The Hall–Kier alpha value is -2.10. The van der Waals surface area contributed by atoms with E-state index in [9.17, 15) is 14.7 Å². The minimum Gasteiger partial charge on any atom is -0.480 e. The van der Waals surface area contributed by atoms with Crippen molar-refractivity contribution < 1.29 is 14.7 Å². The van der Waals surface area contributed by atoms with E-state index in [1.807, 2.05) is 30.3 Å². The zero-order chi connectivity index (χ0) is 15.1. The van der Waals surface area contributed by atoms with E-state index >= 15 is 0 Å². The number of nitrogens with one attached hydrogen (secondary N) is 1. The Bertz CT molecular complexity index is 522. The molecule has 4 nitrogen and oxygen atoms in total. The lowest BCUT2D eigenvalue weighted by molar-refractivity contribution is -0.141. The number of rotatable bonds is 6. The molecule has 4 heteroatoms. The van der Waals surface area contributed by atoms with Crippen LogP contribution < -0.4 is 5.32 Å². The van der Waals surface area contributed by atoms with E-state index in [-0.39, 0.29) is 5.91 Å². The number of aliphatic carboxylic acids is 1. The van der Waals surface area contributed by atoms with Crippen molar-refractivity contribution in [3.63, 3.8) is 0 Å². The summed E-state index contributed by atoms with van der Waals surface area (Å²) in [6.07, 6.45) is 7.00. The second-order valence-corrected chi connectivity index (χ2v) is 5.43. The second kappa shape index (κ2) is 7.62. The van der Waals surface area contributed by atoms with E-state index in [4.69, 9.17) is 0 Å². The molecule has 0 spiro atoms. The van der Waals surface area contributed by atoms with Crippen molar-refractivity contribution in [1.82, 2.24) is 5.32 Å². The van der Waals surface area contributed by atoms with Crippen molar-refractivity contribution in [2.75, 3.05) is 0 Å². The summed E-state index contributed by atoms with van der Waals surface area (Å²) in [5.74, 6) is -1.20. The van der Waals surface area contributed by atoms with Crippen molar-refractivity contribution in [3.8, 4) is 0 Å². The topological polar surface area (TPSA) is 66.4 Å². The largest absolute Gasteiger partial charge is 0.480 e. The predicted molar refractivity (Wildman–Crippen MR) is 80.9 cm³/mol. The molecule has 2 N–H and O–H groups in total. The molecule has 0 aromatic heterocycles. The molecule has 1 amide bonds. The Balaban J connectivity index is 1.91. The number of carbonyl (C=O) groups excluding carboxylic acids is 1. The highest BCUT2D eigenvalue weighted by Gasteiger charge is 2.21. The van der Waals surface area contributed by atoms with Crippen LogP contribution in [0.15, 0.2) is 42.0 Å². The lowest BCUT2D eigenvalue weighted by atomic mass is 9.97. The monoisotopic (exact) mass is 287 g/mol. The molecule has 21 heavy (non-hydrogen) atoms. The van der Waals surface area contributed by atoms with E-state index in [0.29, 0.717) is 12.8 Å². The number of carboxylic acids is 1. The van der Waals surface area contributed by atoms with Gasteiger partial charge in [0.1, 0.15) is 6.04 Å². The first kappa shape index (κ1) is 15.3. The van der Waals surface area contributed by atoms with Gasteiger partial charge in [0.2, 0.25) is 5.91 Å². The fraction of sp³-hybridized carbons (Fsp3) is 0.412. The van der Waals surface area contributed by atoms with Crippen molar-refractivity contribution in [2.24, 2.45) is 0 Å². The molecule has 1 aromatic rings. The van der Waals surface area contributed by atoms with Crippen LogP contribution in [0.1, 0.15) is 37.7 Å². The molecule has 0 heterocycles. The molecule has 0 bridgehead atoms. The van der Waals surface area contributed by atoms with Crippen LogP contribution in [0.5, 0.6) is 0 Å². The Morgan fingerprint density at radius 2 is 1.95 bits per heavy atom. The van der Waals surface area contributed by atoms with Crippen LogP contribution in [-0.4, -0.2) is 23.0 Å². The van der Waals surface area contributed by atoms with Gasteiger partial charge in [0.15, 0.2) is 0 Å². The third-order valence-corrected chi connectivity index (χ3v) is 3.69. The average Bonchev–Trinajstić information content (AvgIpc) is 2.48. The van der Waals surface area contributed by atoms with Crippen LogP contribution in [-0.2, 0) is 16.0 Å². The SMILES string of the molecule is O=C(CC1=CCCCC1)N[C@H](Cc1ccccc1)C(=O)O. The highest BCUT2D eigenvalue weighted by atomic mass is 16.4. The maximum absolute atomic E-state index is 12.0. The number of benzene rings is 1. The van der Waals surface area contributed by atoms with E-state index in [1.165, 1.54) is 6.42 Å². The molecule has 2 rings (SSSR count). The van der Waals surface area contributed by atoms with E-state index < -0.39 is 12.0 Å². The standard InChI is InChI=1S/C17H21NO3/c19-16(12-14-9-5-2-6-10-14)18-15(17(20)21)11-13-7-3-1-4-8-13/h1,3-4,7-9,15H,2,5-6,10-12H2,(H,18,19)(H,20,21)/t15-/m1/s1. The van der Waals surface area contributed by atoms with Gasteiger partial charge in [-0.05, 0) is 31.2 Å². The zero-order valence-electron chi connectivity index (χ0n) is 12.0. The Morgan fingerprint density at radius 3 is 2.57 bits per heavy atom. The van der Waals surface area contributed by atoms with E-state index in [1.54, 1.807) is 0 Å². The fourth-order valence-corrected chi connectivity index (χ4v) is 2.57. The summed E-state index contributed by atoms with van der Waals surface area (Å²) in [5.41, 5.74) is 2.03. The van der Waals surface area contributed by atoms with Crippen LogP contribution in [0.25, 0.3) is 0 Å². The number of amides is 1. The molecule has 0 unspecified atom stereocenters. The second-order valence-electron chi connectivity index (χ2n) is 5.43. The minimum absolute atomic E-state index is 0.202. The summed E-state index contributed by atoms with van der Waals surface area (Å²) >= 11 is 0. The quantitative estimate of drug-likeness (QED) is 0.791. The zero-order valence-corrected chi connectivity index (χ0v) is 12.0. The lowest BCUT2D eigenvalue weighted by Gasteiger charge is -2.17. The number of carboxylic acid groups (broad SMARTS) is 1. The molecule has 0 saturated heterocycles. The molecular formula is C17H21NO3. The lowest BCUT2D eigenvalue weighted by Crippen LogP contribution is -2.42. The van der Waals surface area contributed by atoms with Crippen molar-refractivity contribution in [3.05, 3.63) is 47.5 Å². The average molecular weight is 287 g/mol. The summed E-state index contributed by atoms with van der Waals surface area (Å²) in [6, 6.07) is 8.47. The first-order valence-corrected chi connectivity index (χ1v) is 7.39. The summed E-state index contributed by atoms with van der Waals surface area (Å²) in [7, 11) is 0. The molecule has 0 radical (unpaired) electrons. The highest BCUT2D eigenvalue weighted by molar-refractivity contribution is 5.85. The molecule has 1 aromatic carbocycles. The van der Waals surface area contributed by atoms with Gasteiger partial charge in [0.05, 0.1) is 0 Å². The minimum atomic E-state index is -0.996. The highest BCUT2D eigenvalue weighted by Crippen LogP contribution is 2.19. The third-order valence-electron chi connectivity index (χ3n) is 3.69. The van der Waals surface area contributed by atoms with E-state index in [0.717, 1.165) is 30.4 Å². The van der Waals surface area contributed by atoms with Crippen molar-refractivity contribution in [1.29, 1.82) is 0 Å². The smallest absolute Gasteiger partial charge is 0.326 e. The van der Waals surface area contributed by atoms with Gasteiger partial charge >= 0.3 is 5.97 Å². The first-order valence-electron chi connectivity index (χ1n) is 7.39. The molecule has 1 atom stereocenters. The summed E-state index contributed by atoms with van der Waals surface area (Å²) in [5, 5.41) is 11.9. The number of hydrogen-bond donors (Lipinski definition) is 2. The molecule has 1 aliphatic rings. The van der Waals surface area contributed by atoms with Gasteiger partial charge in [-0.2, -0.15) is 0 Å². The Kier molecular flexibility index (Phi) is 5.55. The van der Waals surface area contributed by atoms with Gasteiger partial charge in [-0.1, -0.05) is 42.0 Å². The van der Waals surface area contributed by atoms with Gasteiger partial charge in [0.25, 0.3) is 0 Å². The van der Waals surface area contributed by atoms with Gasteiger partial charge < -0.3 is 10.4 Å². The molecule has 0 aliphatic heterocycles. The normalized spacial score (nSPS) is 15.9. The number of hydrogen-bond acceptors (Lipinski definition) is 2. The van der Waals surface area contributed by atoms with Crippen LogP contribution in [0, 0.1) is 0 Å². The van der Waals surface area contributed by atoms with Gasteiger partial charge in [-0.3, -0.25) is 4.79 Å². The molecule has 0 saturated carbocycles. The maximum atomic E-state index is 12.0. The first-order chi connectivity index (χ1) is 10.1. The fourth-order valence-electron chi connectivity index (χ4n) is 2.57.